The molecule has 0 aliphatic carbocycles. The Morgan fingerprint density at radius 3 is 3.05 bits per heavy atom. The lowest BCUT2D eigenvalue weighted by Gasteiger charge is -2.10. The Hall–Kier alpha value is -1.08. The van der Waals surface area contributed by atoms with E-state index in [1.807, 2.05) is 0 Å². The molecule has 0 aromatic heterocycles. The van der Waals surface area contributed by atoms with Crippen molar-refractivity contribution in [2.24, 2.45) is 0 Å². The Labute approximate surface area is 122 Å². The highest BCUT2D eigenvalue weighted by atomic mass is 79.9. The predicted molar refractivity (Wildman–Crippen MR) is 75.6 cm³/mol. The summed E-state index contributed by atoms with van der Waals surface area (Å²) in [6.07, 6.45) is 0.408. The van der Waals surface area contributed by atoms with Gasteiger partial charge in [0.1, 0.15) is 11.9 Å². The highest BCUT2D eigenvalue weighted by molar-refractivity contribution is 9.10. The summed E-state index contributed by atoms with van der Waals surface area (Å²) in [6.45, 7) is 0.337. The van der Waals surface area contributed by atoms with Gasteiger partial charge in [0.05, 0.1) is 0 Å². The summed E-state index contributed by atoms with van der Waals surface area (Å²) in [5.41, 5.74) is 0.541. The molecule has 2 N–H and O–H groups in total. The fourth-order valence-electron chi connectivity index (χ4n) is 1.70. The highest BCUT2D eigenvalue weighted by Crippen LogP contribution is 2.16. The van der Waals surface area contributed by atoms with Crippen molar-refractivity contribution < 1.29 is 14.0 Å². The van der Waals surface area contributed by atoms with Crippen molar-refractivity contribution in [3.05, 3.63) is 34.1 Å². The lowest BCUT2D eigenvalue weighted by molar-refractivity contribution is -0.122. The highest BCUT2D eigenvalue weighted by Gasteiger charge is 2.27. The van der Waals surface area contributed by atoms with Gasteiger partial charge in [0, 0.05) is 16.8 Å². The Kier molecular flexibility index (Phi) is 4.81. The van der Waals surface area contributed by atoms with Crippen molar-refractivity contribution in [1.29, 1.82) is 0 Å². The maximum atomic E-state index is 13.5. The third kappa shape index (κ3) is 3.94. The molecule has 102 valence electrons. The number of carbonyl (C=O) groups excluding carboxylic acids is 2. The Morgan fingerprint density at radius 1 is 1.58 bits per heavy atom. The SMILES string of the molecule is O=C1NC(C(=O)NCCc2cc(Br)ccc2F)CS1. The van der Waals surface area contributed by atoms with E-state index in [1.54, 1.807) is 12.1 Å². The number of hydrogen-bond acceptors (Lipinski definition) is 3. The molecule has 1 aromatic carbocycles. The van der Waals surface area contributed by atoms with E-state index in [0.717, 1.165) is 16.2 Å². The smallest absolute Gasteiger partial charge is 0.279 e. The minimum atomic E-state index is -0.482. The molecular weight excluding hydrogens is 335 g/mol. The molecule has 1 aromatic rings. The summed E-state index contributed by atoms with van der Waals surface area (Å²) >= 11 is 4.36. The molecule has 1 aliphatic rings. The number of carbonyl (C=O) groups is 2. The molecule has 7 heteroatoms. The third-order valence-electron chi connectivity index (χ3n) is 2.69. The second-order valence-corrected chi connectivity index (χ2v) is 5.98. The molecule has 1 heterocycles. The van der Waals surface area contributed by atoms with Gasteiger partial charge in [-0.25, -0.2) is 4.39 Å². The predicted octanol–water partition coefficient (Wildman–Crippen LogP) is 2.07. The van der Waals surface area contributed by atoms with Crippen molar-refractivity contribution in [3.8, 4) is 0 Å². The molecule has 2 rings (SSSR count). The van der Waals surface area contributed by atoms with Crippen molar-refractivity contribution in [2.45, 2.75) is 12.5 Å². The number of nitrogens with one attached hydrogen (secondary N) is 2. The van der Waals surface area contributed by atoms with Gasteiger partial charge >= 0.3 is 0 Å². The number of hydrogen-bond donors (Lipinski definition) is 2. The van der Waals surface area contributed by atoms with Crippen LogP contribution in [-0.2, 0) is 11.2 Å². The first-order chi connectivity index (χ1) is 9.06. The average molecular weight is 347 g/mol. The zero-order valence-corrected chi connectivity index (χ0v) is 12.3. The number of halogens is 2. The van der Waals surface area contributed by atoms with Crippen molar-refractivity contribution >= 4 is 38.8 Å². The second-order valence-electron chi connectivity index (χ2n) is 4.07. The van der Waals surface area contributed by atoms with Gasteiger partial charge in [0.15, 0.2) is 0 Å². The molecule has 1 saturated heterocycles. The molecule has 1 fully saturated rings. The van der Waals surface area contributed by atoms with E-state index in [1.165, 1.54) is 6.07 Å². The summed E-state index contributed by atoms with van der Waals surface area (Å²) in [5.74, 6) is -0.0773. The van der Waals surface area contributed by atoms with Crippen LogP contribution in [0.5, 0.6) is 0 Å². The summed E-state index contributed by atoms with van der Waals surface area (Å²) < 4.78 is 14.3. The van der Waals surface area contributed by atoms with E-state index in [2.05, 4.69) is 26.6 Å². The van der Waals surface area contributed by atoms with Crippen LogP contribution in [0.2, 0.25) is 0 Å². The number of benzene rings is 1. The van der Waals surface area contributed by atoms with Crippen molar-refractivity contribution in [1.82, 2.24) is 10.6 Å². The van der Waals surface area contributed by atoms with Gasteiger partial charge in [0.2, 0.25) is 5.91 Å². The van der Waals surface area contributed by atoms with Gasteiger partial charge in [0.25, 0.3) is 5.24 Å². The quantitative estimate of drug-likeness (QED) is 0.877. The first-order valence-electron chi connectivity index (χ1n) is 5.71. The molecule has 1 atom stereocenters. The molecule has 0 radical (unpaired) electrons. The van der Waals surface area contributed by atoms with Gasteiger partial charge in [-0.3, -0.25) is 9.59 Å². The van der Waals surface area contributed by atoms with Crippen LogP contribution in [0.3, 0.4) is 0 Å². The Balaban J connectivity index is 1.81. The van der Waals surface area contributed by atoms with Crippen LogP contribution in [0.4, 0.5) is 9.18 Å². The van der Waals surface area contributed by atoms with E-state index in [0.29, 0.717) is 24.3 Å². The third-order valence-corrected chi connectivity index (χ3v) is 4.06. The zero-order chi connectivity index (χ0) is 13.8. The molecule has 0 spiro atoms. The second kappa shape index (κ2) is 6.38. The first kappa shape index (κ1) is 14.3. The number of rotatable bonds is 4. The van der Waals surface area contributed by atoms with Gasteiger partial charge in [-0.2, -0.15) is 0 Å². The molecular formula is C12H12BrFN2O2S. The fourth-order valence-corrected chi connectivity index (χ4v) is 2.89. The summed E-state index contributed by atoms with van der Waals surface area (Å²) in [7, 11) is 0. The molecule has 0 bridgehead atoms. The topological polar surface area (TPSA) is 58.2 Å². The van der Waals surface area contributed by atoms with E-state index in [9.17, 15) is 14.0 Å². The van der Waals surface area contributed by atoms with Gasteiger partial charge in [-0.15, -0.1) is 0 Å². The zero-order valence-electron chi connectivity index (χ0n) is 9.91. The molecule has 1 unspecified atom stereocenters. The van der Waals surface area contributed by atoms with Crippen molar-refractivity contribution in [3.63, 3.8) is 0 Å². The minimum Gasteiger partial charge on any atom is -0.354 e. The van der Waals surface area contributed by atoms with Crippen LogP contribution in [0.25, 0.3) is 0 Å². The number of amides is 2. The van der Waals surface area contributed by atoms with Crippen LogP contribution >= 0.6 is 27.7 Å². The average Bonchev–Trinajstić information content (AvgIpc) is 2.80. The number of thioether (sulfide) groups is 1. The Bertz CT molecular complexity index is 513. The van der Waals surface area contributed by atoms with Gasteiger partial charge < -0.3 is 10.6 Å². The molecule has 4 nitrogen and oxygen atoms in total. The summed E-state index contributed by atoms with van der Waals surface area (Å²) in [6, 6.07) is 4.22. The van der Waals surface area contributed by atoms with Crippen LogP contribution in [0.1, 0.15) is 5.56 Å². The van der Waals surface area contributed by atoms with E-state index >= 15 is 0 Å². The minimum absolute atomic E-state index is 0.182. The Morgan fingerprint density at radius 2 is 2.37 bits per heavy atom. The molecule has 19 heavy (non-hydrogen) atoms. The largest absolute Gasteiger partial charge is 0.354 e. The van der Waals surface area contributed by atoms with Crippen LogP contribution < -0.4 is 10.6 Å². The molecule has 2 amide bonds. The van der Waals surface area contributed by atoms with E-state index in [-0.39, 0.29) is 17.0 Å². The van der Waals surface area contributed by atoms with Crippen molar-refractivity contribution in [2.75, 3.05) is 12.3 Å². The maximum absolute atomic E-state index is 13.5. The van der Waals surface area contributed by atoms with E-state index < -0.39 is 6.04 Å². The molecule has 0 saturated carbocycles. The lowest BCUT2D eigenvalue weighted by Crippen LogP contribution is -2.43. The van der Waals surface area contributed by atoms with Crippen LogP contribution in [0.15, 0.2) is 22.7 Å². The monoisotopic (exact) mass is 346 g/mol. The standard InChI is InChI=1S/C12H12BrFN2O2S/c13-8-1-2-9(14)7(5-8)3-4-15-11(17)10-6-19-12(18)16-10/h1-2,5,10H,3-4,6H2,(H,15,17)(H,16,18). The van der Waals surface area contributed by atoms with Gasteiger partial charge in [-0.05, 0) is 30.2 Å². The normalized spacial score (nSPS) is 18.2. The summed E-state index contributed by atoms with van der Waals surface area (Å²) in [4.78, 5) is 22.6. The van der Waals surface area contributed by atoms with E-state index in [4.69, 9.17) is 0 Å². The van der Waals surface area contributed by atoms with Gasteiger partial charge in [-0.1, -0.05) is 27.7 Å². The molecule has 1 aliphatic heterocycles. The fraction of sp³-hybridized carbons (Fsp3) is 0.333. The lowest BCUT2D eigenvalue weighted by atomic mass is 10.1. The first-order valence-corrected chi connectivity index (χ1v) is 7.49. The maximum Gasteiger partial charge on any atom is 0.279 e. The van der Waals surface area contributed by atoms with Crippen LogP contribution in [0, 0.1) is 5.82 Å². The van der Waals surface area contributed by atoms with Crippen LogP contribution in [-0.4, -0.2) is 29.5 Å². The summed E-state index contributed by atoms with van der Waals surface area (Å²) in [5, 5.41) is 5.06.